The van der Waals surface area contributed by atoms with Crippen molar-refractivity contribution in [1.29, 1.82) is 0 Å². The third kappa shape index (κ3) is 4.23. The Bertz CT molecular complexity index is 602. The van der Waals surface area contributed by atoms with Gasteiger partial charge in [-0.25, -0.2) is 17.5 Å². The van der Waals surface area contributed by atoms with Crippen molar-refractivity contribution in [3.05, 3.63) is 28.0 Å². The molecule has 1 fully saturated rings. The number of benzene rings is 1. The summed E-state index contributed by atoms with van der Waals surface area (Å²) in [5, 5.41) is 9.06. The van der Waals surface area contributed by atoms with Crippen molar-refractivity contribution in [1.82, 2.24) is 4.72 Å². The predicted octanol–water partition coefficient (Wildman–Crippen LogP) is 1.79. The van der Waals surface area contributed by atoms with Gasteiger partial charge < -0.3 is 9.84 Å². The molecule has 1 unspecified atom stereocenters. The number of aliphatic hydroxyl groups is 1. The molecule has 0 aliphatic carbocycles. The quantitative estimate of drug-likeness (QED) is 0.787. The second-order valence-corrected chi connectivity index (χ2v) is 7.60. The van der Waals surface area contributed by atoms with E-state index in [1.165, 1.54) is 12.1 Å². The number of aliphatic hydroxyl groups excluding tert-OH is 1. The summed E-state index contributed by atoms with van der Waals surface area (Å²) in [4.78, 5) is -0.455. The van der Waals surface area contributed by atoms with E-state index in [2.05, 4.69) is 20.7 Å². The lowest BCUT2D eigenvalue weighted by molar-refractivity contribution is 0.184. The van der Waals surface area contributed by atoms with Crippen molar-refractivity contribution in [2.75, 3.05) is 19.8 Å². The maximum Gasteiger partial charge on any atom is 0.243 e. The highest BCUT2D eigenvalue weighted by molar-refractivity contribution is 9.10. The van der Waals surface area contributed by atoms with Gasteiger partial charge in [0.05, 0.1) is 6.61 Å². The molecule has 0 spiro atoms. The number of nitrogens with one attached hydrogen (secondary N) is 1. The summed E-state index contributed by atoms with van der Waals surface area (Å²) in [5.74, 6) is -0.578. The van der Waals surface area contributed by atoms with Gasteiger partial charge in [-0.15, -0.1) is 0 Å². The van der Waals surface area contributed by atoms with E-state index in [1.807, 2.05) is 0 Å². The molecular weight excluding hydrogens is 365 g/mol. The minimum Gasteiger partial charge on any atom is -0.392 e. The molecule has 1 heterocycles. The minimum atomic E-state index is -3.94. The van der Waals surface area contributed by atoms with E-state index in [0.29, 0.717) is 30.0 Å². The van der Waals surface area contributed by atoms with Crippen molar-refractivity contribution in [3.63, 3.8) is 0 Å². The van der Waals surface area contributed by atoms with Gasteiger partial charge >= 0.3 is 0 Å². The van der Waals surface area contributed by atoms with Crippen LogP contribution in [-0.4, -0.2) is 33.3 Å². The number of hydrogen-bond donors (Lipinski definition) is 2. The Kier molecular flexibility index (Phi) is 5.73. The first-order valence-electron chi connectivity index (χ1n) is 6.60. The number of sulfonamides is 1. The molecule has 1 aromatic rings. The normalized spacial score (nSPS) is 19.1. The molecule has 1 aromatic carbocycles. The van der Waals surface area contributed by atoms with Gasteiger partial charge in [-0.1, -0.05) is 15.9 Å². The molecule has 2 N–H and O–H groups in total. The second kappa shape index (κ2) is 7.15. The molecule has 0 saturated carbocycles. The summed E-state index contributed by atoms with van der Waals surface area (Å²) < 4.78 is 46.4. The van der Waals surface area contributed by atoms with Gasteiger partial charge in [0, 0.05) is 29.8 Å². The molecule has 0 aromatic heterocycles. The van der Waals surface area contributed by atoms with Gasteiger partial charge in [0.25, 0.3) is 0 Å². The molecule has 0 radical (unpaired) electrons. The molecule has 0 amide bonds. The van der Waals surface area contributed by atoms with E-state index in [4.69, 9.17) is 9.84 Å². The van der Waals surface area contributed by atoms with Gasteiger partial charge in [-0.3, -0.25) is 0 Å². The van der Waals surface area contributed by atoms with Crippen molar-refractivity contribution in [3.8, 4) is 0 Å². The van der Waals surface area contributed by atoms with Crippen LogP contribution < -0.4 is 4.72 Å². The Balaban J connectivity index is 2.09. The Morgan fingerprint density at radius 3 is 2.86 bits per heavy atom. The van der Waals surface area contributed by atoms with E-state index in [9.17, 15) is 12.8 Å². The Morgan fingerprint density at radius 2 is 2.24 bits per heavy atom. The molecule has 5 nitrogen and oxygen atoms in total. The maximum atomic E-state index is 14.1. The molecular formula is C13H17BrFNO4S. The van der Waals surface area contributed by atoms with E-state index >= 15 is 0 Å². The third-order valence-electron chi connectivity index (χ3n) is 3.41. The van der Waals surface area contributed by atoms with Crippen molar-refractivity contribution >= 4 is 26.0 Å². The van der Waals surface area contributed by atoms with Crippen LogP contribution in [0.15, 0.2) is 21.5 Å². The SMILES string of the molecule is O=S(=O)(NCCC1CCOC1)c1cc(Br)cc(CO)c1F. The Morgan fingerprint density at radius 1 is 1.48 bits per heavy atom. The first kappa shape index (κ1) is 16.8. The van der Waals surface area contributed by atoms with Gasteiger partial charge in [-0.2, -0.15) is 0 Å². The molecule has 1 aliphatic rings. The average Bonchev–Trinajstić information content (AvgIpc) is 2.93. The van der Waals surface area contributed by atoms with Crippen LogP contribution >= 0.6 is 15.9 Å². The predicted molar refractivity (Wildman–Crippen MR) is 78.8 cm³/mol. The number of ether oxygens (including phenoxy) is 1. The minimum absolute atomic E-state index is 0.0612. The Hall–Kier alpha value is -0.540. The first-order valence-corrected chi connectivity index (χ1v) is 8.88. The molecule has 0 bridgehead atoms. The highest BCUT2D eigenvalue weighted by Gasteiger charge is 2.23. The van der Waals surface area contributed by atoms with E-state index < -0.39 is 27.3 Å². The molecule has 1 saturated heterocycles. The molecule has 2 rings (SSSR count). The summed E-state index contributed by atoms with van der Waals surface area (Å²) in [6.45, 7) is 1.02. The van der Waals surface area contributed by atoms with Crippen molar-refractivity contribution < 1.29 is 22.7 Å². The monoisotopic (exact) mass is 381 g/mol. The van der Waals surface area contributed by atoms with Crippen LogP contribution in [0.4, 0.5) is 4.39 Å². The average molecular weight is 382 g/mol. The van der Waals surface area contributed by atoms with Crippen molar-refractivity contribution in [2.24, 2.45) is 5.92 Å². The summed E-state index contributed by atoms with van der Waals surface area (Å²) >= 11 is 3.12. The fourth-order valence-corrected chi connectivity index (χ4v) is 4.06. The fourth-order valence-electron chi connectivity index (χ4n) is 2.22. The lowest BCUT2D eigenvalue weighted by Crippen LogP contribution is -2.27. The van der Waals surface area contributed by atoms with Crippen LogP contribution in [0.3, 0.4) is 0 Å². The van der Waals surface area contributed by atoms with Crippen LogP contribution in [-0.2, 0) is 21.4 Å². The van der Waals surface area contributed by atoms with Gasteiger partial charge in [-0.05, 0) is 30.9 Å². The molecule has 1 atom stereocenters. The Labute approximate surface area is 131 Å². The third-order valence-corrected chi connectivity index (χ3v) is 5.33. The highest BCUT2D eigenvalue weighted by Crippen LogP contribution is 2.24. The standard InChI is InChI=1S/C13H17BrFNO4S/c14-11-5-10(7-17)13(15)12(6-11)21(18,19)16-3-1-9-2-4-20-8-9/h5-6,9,16-17H,1-4,7-8H2. The maximum absolute atomic E-state index is 14.1. The first-order chi connectivity index (χ1) is 9.94. The van der Waals surface area contributed by atoms with Gasteiger partial charge in [0.15, 0.2) is 0 Å². The molecule has 21 heavy (non-hydrogen) atoms. The second-order valence-electron chi connectivity index (χ2n) is 4.95. The van der Waals surface area contributed by atoms with E-state index in [1.54, 1.807) is 0 Å². The lowest BCUT2D eigenvalue weighted by atomic mass is 10.1. The molecule has 8 heteroatoms. The number of hydrogen-bond acceptors (Lipinski definition) is 4. The summed E-state index contributed by atoms with van der Waals surface area (Å²) in [6.07, 6.45) is 1.57. The van der Waals surface area contributed by atoms with Gasteiger partial charge in [0.2, 0.25) is 10.0 Å². The van der Waals surface area contributed by atoms with Crippen LogP contribution in [0.5, 0.6) is 0 Å². The van der Waals surface area contributed by atoms with E-state index in [0.717, 1.165) is 6.42 Å². The van der Waals surface area contributed by atoms with Crippen LogP contribution in [0, 0.1) is 11.7 Å². The van der Waals surface area contributed by atoms with E-state index in [-0.39, 0.29) is 12.1 Å². The number of rotatable bonds is 6. The molecule has 1 aliphatic heterocycles. The highest BCUT2D eigenvalue weighted by atomic mass is 79.9. The summed E-state index contributed by atoms with van der Waals surface area (Å²) in [5.41, 5.74) is -0.0612. The molecule has 118 valence electrons. The fraction of sp³-hybridized carbons (Fsp3) is 0.538. The van der Waals surface area contributed by atoms with Crippen LogP contribution in [0.1, 0.15) is 18.4 Å². The van der Waals surface area contributed by atoms with Gasteiger partial charge in [0.1, 0.15) is 10.7 Å². The topological polar surface area (TPSA) is 75.6 Å². The van der Waals surface area contributed by atoms with Crippen molar-refractivity contribution in [2.45, 2.75) is 24.3 Å². The smallest absolute Gasteiger partial charge is 0.243 e. The number of halogens is 2. The van der Waals surface area contributed by atoms with Crippen LogP contribution in [0.25, 0.3) is 0 Å². The zero-order valence-corrected chi connectivity index (χ0v) is 13.7. The largest absolute Gasteiger partial charge is 0.392 e. The zero-order valence-electron chi connectivity index (χ0n) is 11.3. The summed E-state index contributed by atoms with van der Waals surface area (Å²) in [7, 11) is -3.94. The lowest BCUT2D eigenvalue weighted by Gasteiger charge is -2.12. The summed E-state index contributed by atoms with van der Waals surface area (Å²) in [6, 6.07) is 2.54. The van der Waals surface area contributed by atoms with Crippen LogP contribution in [0.2, 0.25) is 0 Å². The zero-order chi connectivity index (χ0) is 15.5.